The number of amides is 2. The van der Waals surface area contributed by atoms with Gasteiger partial charge in [-0.15, -0.1) is 0 Å². The van der Waals surface area contributed by atoms with Gasteiger partial charge in [-0.25, -0.2) is 8.42 Å². The van der Waals surface area contributed by atoms with Crippen LogP contribution in [0.5, 0.6) is 0 Å². The van der Waals surface area contributed by atoms with E-state index in [9.17, 15) is 18.0 Å². The Morgan fingerprint density at radius 2 is 1.45 bits per heavy atom. The van der Waals surface area contributed by atoms with Crippen LogP contribution >= 0.6 is 0 Å². The normalized spacial score (nSPS) is 11.2. The van der Waals surface area contributed by atoms with Gasteiger partial charge in [0, 0.05) is 11.6 Å². The molecule has 0 saturated carbocycles. The van der Waals surface area contributed by atoms with Crippen molar-refractivity contribution in [2.45, 2.75) is 26.4 Å². The number of anilines is 2. The van der Waals surface area contributed by atoms with Crippen molar-refractivity contribution in [3.05, 3.63) is 95.6 Å². The first kappa shape index (κ1) is 24.0. The second kappa shape index (κ2) is 10.3. The van der Waals surface area contributed by atoms with E-state index in [1.54, 1.807) is 48.5 Å². The lowest BCUT2D eigenvalue weighted by atomic mass is 10.1. The Hall–Kier alpha value is -3.65. The van der Waals surface area contributed by atoms with Crippen molar-refractivity contribution in [3.8, 4) is 0 Å². The second-order valence-electron chi connectivity index (χ2n) is 7.93. The third kappa shape index (κ3) is 6.43. The van der Waals surface area contributed by atoms with Crippen molar-refractivity contribution in [2.24, 2.45) is 0 Å². The lowest BCUT2D eigenvalue weighted by molar-refractivity contribution is 0.0944. The van der Waals surface area contributed by atoms with Gasteiger partial charge in [-0.05, 0) is 55.8 Å². The topological polar surface area (TPSA) is 95.6 Å². The molecule has 2 amide bonds. The predicted octanol–water partition coefficient (Wildman–Crippen LogP) is 4.04. The Balaban J connectivity index is 1.80. The van der Waals surface area contributed by atoms with Crippen molar-refractivity contribution in [1.29, 1.82) is 0 Å². The van der Waals surface area contributed by atoms with Crippen LogP contribution in [0, 0.1) is 0 Å². The average molecular weight is 466 g/mol. The zero-order valence-electron chi connectivity index (χ0n) is 18.8. The van der Waals surface area contributed by atoms with Crippen molar-refractivity contribution in [1.82, 2.24) is 5.32 Å². The molecule has 0 atom stereocenters. The standard InChI is InChI=1S/C25H27N3O4S/c1-18(2)26-25(30)22-11-7-8-12-23(22)27-24(29)20-13-15-21(16-14-20)28(33(3,31)32)17-19-9-5-4-6-10-19/h4-16,18H,17H2,1-3H3,(H,26,30)(H,27,29). The predicted molar refractivity (Wildman–Crippen MR) is 131 cm³/mol. The number of rotatable bonds is 8. The fraction of sp³-hybridized carbons (Fsp3) is 0.200. The number of carbonyl (C=O) groups is 2. The van der Waals surface area contributed by atoms with Gasteiger partial charge in [0.2, 0.25) is 10.0 Å². The Labute approximate surface area is 194 Å². The average Bonchev–Trinajstić information content (AvgIpc) is 2.77. The van der Waals surface area contributed by atoms with Gasteiger partial charge >= 0.3 is 0 Å². The summed E-state index contributed by atoms with van der Waals surface area (Å²) >= 11 is 0. The highest BCUT2D eigenvalue weighted by Gasteiger charge is 2.19. The number of carbonyl (C=O) groups excluding carboxylic acids is 2. The molecule has 2 N–H and O–H groups in total. The first-order chi connectivity index (χ1) is 15.6. The van der Waals surface area contributed by atoms with E-state index in [0.717, 1.165) is 11.8 Å². The number of nitrogens with one attached hydrogen (secondary N) is 2. The molecule has 172 valence electrons. The second-order valence-corrected chi connectivity index (χ2v) is 9.84. The highest BCUT2D eigenvalue weighted by molar-refractivity contribution is 7.92. The lowest BCUT2D eigenvalue weighted by Gasteiger charge is -2.22. The summed E-state index contributed by atoms with van der Waals surface area (Å²) in [5.74, 6) is -0.679. The van der Waals surface area contributed by atoms with E-state index in [0.29, 0.717) is 22.5 Å². The van der Waals surface area contributed by atoms with E-state index in [2.05, 4.69) is 10.6 Å². The number of para-hydroxylation sites is 1. The van der Waals surface area contributed by atoms with Crippen LogP contribution in [0.4, 0.5) is 11.4 Å². The number of sulfonamides is 1. The third-order valence-corrected chi connectivity index (χ3v) is 5.97. The highest BCUT2D eigenvalue weighted by atomic mass is 32.2. The molecule has 0 unspecified atom stereocenters. The summed E-state index contributed by atoms with van der Waals surface area (Å²) in [6.07, 6.45) is 1.15. The molecule has 0 aliphatic rings. The number of hydrogen-bond donors (Lipinski definition) is 2. The molecule has 8 heteroatoms. The van der Waals surface area contributed by atoms with E-state index >= 15 is 0 Å². The maximum atomic E-state index is 12.8. The molecule has 3 aromatic carbocycles. The zero-order valence-corrected chi connectivity index (χ0v) is 19.6. The minimum atomic E-state index is -3.53. The van der Waals surface area contributed by atoms with Crippen LogP contribution < -0.4 is 14.9 Å². The maximum absolute atomic E-state index is 12.8. The van der Waals surface area contributed by atoms with Gasteiger partial charge in [-0.2, -0.15) is 0 Å². The van der Waals surface area contributed by atoms with Crippen LogP contribution in [0.2, 0.25) is 0 Å². The Bertz CT molecular complexity index is 1220. The first-order valence-electron chi connectivity index (χ1n) is 10.5. The highest BCUT2D eigenvalue weighted by Crippen LogP contribution is 2.22. The SMILES string of the molecule is CC(C)NC(=O)c1ccccc1NC(=O)c1ccc(N(Cc2ccccc2)S(C)(=O)=O)cc1. The molecule has 33 heavy (non-hydrogen) atoms. The molecule has 0 aliphatic heterocycles. The summed E-state index contributed by atoms with van der Waals surface area (Å²) in [5, 5.41) is 5.58. The molecule has 3 rings (SSSR count). The minimum absolute atomic E-state index is 0.0394. The van der Waals surface area contributed by atoms with E-state index in [4.69, 9.17) is 0 Å². The van der Waals surface area contributed by atoms with E-state index in [1.807, 2.05) is 44.2 Å². The summed E-state index contributed by atoms with van der Waals surface area (Å²) in [7, 11) is -3.53. The molecule has 0 fully saturated rings. The minimum Gasteiger partial charge on any atom is -0.350 e. The molecule has 0 heterocycles. The van der Waals surface area contributed by atoms with Gasteiger partial charge in [0.1, 0.15) is 0 Å². The van der Waals surface area contributed by atoms with Crippen LogP contribution in [-0.4, -0.2) is 32.5 Å². The monoisotopic (exact) mass is 465 g/mol. The summed E-state index contributed by atoms with van der Waals surface area (Å²) in [5.41, 5.74) is 2.40. The molecule has 0 aliphatic carbocycles. The molecular formula is C25H27N3O4S. The summed E-state index contributed by atoms with van der Waals surface area (Å²) in [6, 6.07) is 22.3. The van der Waals surface area contributed by atoms with Crippen LogP contribution in [0.15, 0.2) is 78.9 Å². The first-order valence-corrected chi connectivity index (χ1v) is 12.3. The molecule has 7 nitrogen and oxygen atoms in total. The molecule has 0 bridgehead atoms. The van der Waals surface area contributed by atoms with E-state index < -0.39 is 15.9 Å². The number of benzene rings is 3. The lowest BCUT2D eigenvalue weighted by Crippen LogP contribution is -2.31. The quantitative estimate of drug-likeness (QED) is 0.525. The van der Waals surface area contributed by atoms with Crippen molar-refractivity contribution in [3.63, 3.8) is 0 Å². The molecule has 0 saturated heterocycles. The molecule has 0 aromatic heterocycles. The van der Waals surface area contributed by atoms with Crippen LogP contribution in [0.1, 0.15) is 40.1 Å². The van der Waals surface area contributed by atoms with Gasteiger partial charge < -0.3 is 10.6 Å². The van der Waals surface area contributed by atoms with Gasteiger partial charge in [0.05, 0.1) is 29.7 Å². The van der Waals surface area contributed by atoms with Gasteiger partial charge in [0.25, 0.3) is 11.8 Å². The fourth-order valence-electron chi connectivity index (χ4n) is 3.25. The summed E-state index contributed by atoms with van der Waals surface area (Å²) < 4.78 is 26.1. The Morgan fingerprint density at radius 3 is 2.06 bits per heavy atom. The zero-order chi connectivity index (χ0) is 24.0. The van der Waals surface area contributed by atoms with Crippen LogP contribution in [0.25, 0.3) is 0 Å². The number of nitrogens with zero attached hydrogens (tertiary/aromatic N) is 1. The smallest absolute Gasteiger partial charge is 0.255 e. The molecule has 3 aromatic rings. The van der Waals surface area contributed by atoms with E-state index in [1.165, 1.54) is 4.31 Å². The Kier molecular flexibility index (Phi) is 7.50. The summed E-state index contributed by atoms with van der Waals surface area (Å²) in [4.78, 5) is 25.2. The number of hydrogen-bond acceptors (Lipinski definition) is 4. The van der Waals surface area contributed by atoms with Crippen LogP contribution in [-0.2, 0) is 16.6 Å². The maximum Gasteiger partial charge on any atom is 0.255 e. The Morgan fingerprint density at radius 1 is 0.848 bits per heavy atom. The van der Waals surface area contributed by atoms with Crippen LogP contribution in [0.3, 0.4) is 0 Å². The van der Waals surface area contributed by atoms with Crippen molar-refractivity contribution >= 4 is 33.2 Å². The van der Waals surface area contributed by atoms with Gasteiger partial charge in [0.15, 0.2) is 0 Å². The molecule has 0 spiro atoms. The molecule has 0 radical (unpaired) electrons. The van der Waals surface area contributed by atoms with E-state index in [-0.39, 0.29) is 18.5 Å². The van der Waals surface area contributed by atoms with Gasteiger partial charge in [-0.1, -0.05) is 42.5 Å². The van der Waals surface area contributed by atoms with Crippen molar-refractivity contribution < 1.29 is 18.0 Å². The third-order valence-electron chi connectivity index (χ3n) is 4.83. The fourth-order valence-corrected chi connectivity index (χ4v) is 4.14. The summed E-state index contributed by atoms with van der Waals surface area (Å²) in [6.45, 7) is 3.90. The van der Waals surface area contributed by atoms with Crippen molar-refractivity contribution in [2.75, 3.05) is 15.9 Å². The van der Waals surface area contributed by atoms with Gasteiger partial charge in [-0.3, -0.25) is 13.9 Å². The molecular weight excluding hydrogens is 438 g/mol. The largest absolute Gasteiger partial charge is 0.350 e.